The van der Waals surface area contributed by atoms with Crippen LogP contribution in [0.4, 0.5) is 5.95 Å². The highest BCUT2D eigenvalue weighted by Gasteiger charge is 2.09. The predicted molar refractivity (Wildman–Crippen MR) is 85.1 cm³/mol. The van der Waals surface area contributed by atoms with Crippen LogP contribution in [0.5, 0.6) is 0 Å². The normalized spacial score (nSPS) is 11.1. The molecule has 0 aliphatic rings. The van der Waals surface area contributed by atoms with Crippen LogP contribution in [-0.4, -0.2) is 9.55 Å². The standard InChI is InChI=1S/C14H11Br2N3/c15-10-3-1-2-9(6-10)8-19-13-5-4-11(16)7-12(13)18-14(19)17/h1-7H,8H2,(H2,17,18). The second-order valence-electron chi connectivity index (χ2n) is 4.32. The number of hydrogen-bond donors (Lipinski definition) is 1. The molecule has 0 fully saturated rings. The lowest BCUT2D eigenvalue weighted by Gasteiger charge is -2.07. The number of anilines is 1. The summed E-state index contributed by atoms with van der Waals surface area (Å²) in [4.78, 5) is 4.39. The van der Waals surface area contributed by atoms with Gasteiger partial charge in [0.1, 0.15) is 0 Å². The number of hydrogen-bond acceptors (Lipinski definition) is 2. The summed E-state index contributed by atoms with van der Waals surface area (Å²) < 4.78 is 4.09. The van der Waals surface area contributed by atoms with Crippen LogP contribution in [0.1, 0.15) is 5.56 Å². The van der Waals surface area contributed by atoms with Crippen LogP contribution in [-0.2, 0) is 6.54 Å². The lowest BCUT2D eigenvalue weighted by Crippen LogP contribution is -2.04. The molecule has 0 amide bonds. The minimum atomic E-state index is 0.535. The van der Waals surface area contributed by atoms with Gasteiger partial charge in [-0.1, -0.05) is 44.0 Å². The molecule has 0 saturated carbocycles. The maximum Gasteiger partial charge on any atom is 0.201 e. The van der Waals surface area contributed by atoms with E-state index < -0.39 is 0 Å². The third-order valence-corrected chi connectivity index (χ3v) is 3.96. The van der Waals surface area contributed by atoms with E-state index in [1.807, 2.05) is 34.9 Å². The van der Waals surface area contributed by atoms with Crippen LogP contribution in [0, 0.1) is 0 Å². The van der Waals surface area contributed by atoms with Gasteiger partial charge >= 0.3 is 0 Å². The lowest BCUT2D eigenvalue weighted by atomic mass is 10.2. The molecule has 3 aromatic rings. The number of nitrogen functional groups attached to an aromatic ring is 1. The number of aromatic nitrogens is 2. The van der Waals surface area contributed by atoms with E-state index in [2.05, 4.69) is 49.0 Å². The second kappa shape index (κ2) is 4.98. The van der Waals surface area contributed by atoms with Crippen molar-refractivity contribution in [3.05, 3.63) is 57.0 Å². The fourth-order valence-corrected chi connectivity index (χ4v) is 2.90. The van der Waals surface area contributed by atoms with Crippen LogP contribution >= 0.6 is 31.9 Å². The molecule has 3 rings (SSSR count). The molecule has 3 nitrogen and oxygen atoms in total. The van der Waals surface area contributed by atoms with Crippen molar-refractivity contribution in [2.45, 2.75) is 6.54 Å². The van der Waals surface area contributed by atoms with Gasteiger partial charge in [-0.15, -0.1) is 0 Å². The summed E-state index contributed by atoms with van der Waals surface area (Å²) >= 11 is 6.93. The Hall–Kier alpha value is -1.33. The van der Waals surface area contributed by atoms with Crippen LogP contribution in [0.25, 0.3) is 11.0 Å². The van der Waals surface area contributed by atoms with Crippen molar-refractivity contribution in [2.75, 3.05) is 5.73 Å². The molecule has 0 bridgehead atoms. The molecule has 0 aliphatic carbocycles. The first-order valence-electron chi connectivity index (χ1n) is 5.79. The molecule has 0 spiro atoms. The maximum absolute atomic E-state index is 6.01. The average Bonchev–Trinajstić information content (AvgIpc) is 2.65. The first kappa shape index (κ1) is 12.7. The summed E-state index contributed by atoms with van der Waals surface area (Å²) in [5.41, 5.74) is 9.14. The van der Waals surface area contributed by atoms with Gasteiger partial charge in [-0.05, 0) is 35.9 Å². The quantitative estimate of drug-likeness (QED) is 0.724. The van der Waals surface area contributed by atoms with Gasteiger partial charge < -0.3 is 10.3 Å². The summed E-state index contributed by atoms with van der Waals surface area (Å²) in [5.74, 6) is 0.535. The van der Waals surface area contributed by atoms with Crippen molar-refractivity contribution in [2.24, 2.45) is 0 Å². The summed E-state index contributed by atoms with van der Waals surface area (Å²) in [6.45, 7) is 0.712. The van der Waals surface area contributed by atoms with Gasteiger partial charge in [0.15, 0.2) is 0 Å². The Morgan fingerprint density at radius 1 is 1.05 bits per heavy atom. The highest BCUT2D eigenvalue weighted by molar-refractivity contribution is 9.10. The van der Waals surface area contributed by atoms with Crippen molar-refractivity contribution in [3.8, 4) is 0 Å². The van der Waals surface area contributed by atoms with Crippen LogP contribution in [0.3, 0.4) is 0 Å². The van der Waals surface area contributed by atoms with E-state index in [9.17, 15) is 0 Å². The molecule has 5 heteroatoms. The van der Waals surface area contributed by atoms with E-state index in [-0.39, 0.29) is 0 Å². The minimum Gasteiger partial charge on any atom is -0.369 e. The van der Waals surface area contributed by atoms with Crippen LogP contribution < -0.4 is 5.73 Å². The van der Waals surface area contributed by atoms with Gasteiger partial charge in [0.05, 0.1) is 17.6 Å². The summed E-state index contributed by atoms with van der Waals surface area (Å²) in [6.07, 6.45) is 0. The molecule has 1 aromatic heterocycles. The molecular weight excluding hydrogens is 370 g/mol. The monoisotopic (exact) mass is 379 g/mol. The minimum absolute atomic E-state index is 0.535. The topological polar surface area (TPSA) is 43.8 Å². The summed E-state index contributed by atoms with van der Waals surface area (Å²) in [6, 6.07) is 14.2. The van der Waals surface area contributed by atoms with Crippen molar-refractivity contribution in [3.63, 3.8) is 0 Å². The van der Waals surface area contributed by atoms with Crippen molar-refractivity contribution < 1.29 is 0 Å². The SMILES string of the molecule is Nc1nc2cc(Br)ccc2n1Cc1cccc(Br)c1. The van der Waals surface area contributed by atoms with Gasteiger partial charge in [-0.3, -0.25) is 0 Å². The Morgan fingerprint density at radius 2 is 1.84 bits per heavy atom. The number of imidazole rings is 1. The third kappa shape index (κ3) is 2.53. The maximum atomic E-state index is 6.01. The lowest BCUT2D eigenvalue weighted by molar-refractivity contribution is 0.838. The van der Waals surface area contributed by atoms with Crippen molar-refractivity contribution >= 4 is 48.8 Å². The zero-order valence-electron chi connectivity index (χ0n) is 9.98. The largest absolute Gasteiger partial charge is 0.369 e. The fourth-order valence-electron chi connectivity index (χ4n) is 2.11. The highest BCUT2D eigenvalue weighted by Crippen LogP contribution is 2.23. The first-order valence-corrected chi connectivity index (χ1v) is 7.38. The van der Waals surface area contributed by atoms with E-state index in [1.165, 1.54) is 5.56 Å². The van der Waals surface area contributed by atoms with Gasteiger partial charge in [-0.2, -0.15) is 0 Å². The van der Waals surface area contributed by atoms with Crippen LogP contribution in [0.15, 0.2) is 51.4 Å². The number of nitrogens with two attached hydrogens (primary N) is 1. The van der Waals surface area contributed by atoms with Gasteiger partial charge in [0.2, 0.25) is 5.95 Å². The highest BCUT2D eigenvalue weighted by atomic mass is 79.9. The molecule has 0 saturated heterocycles. The predicted octanol–water partition coefficient (Wildman–Crippen LogP) is 4.19. The number of rotatable bonds is 2. The van der Waals surface area contributed by atoms with Gasteiger partial charge in [0.25, 0.3) is 0 Å². The smallest absolute Gasteiger partial charge is 0.201 e. The van der Waals surface area contributed by atoms with E-state index in [0.717, 1.165) is 20.0 Å². The van der Waals surface area contributed by atoms with E-state index >= 15 is 0 Å². The van der Waals surface area contributed by atoms with E-state index in [0.29, 0.717) is 12.5 Å². The average molecular weight is 381 g/mol. The van der Waals surface area contributed by atoms with Crippen LogP contribution in [0.2, 0.25) is 0 Å². The first-order chi connectivity index (χ1) is 9.13. The summed E-state index contributed by atoms with van der Waals surface area (Å²) in [5, 5.41) is 0. The molecule has 19 heavy (non-hydrogen) atoms. The van der Waals surface area contributed by atoms with Gasteiger partial charge in [-0.25, -0.2) is 4.98 Å². The third-order valence-electron chi connectivity index (χ3n) is 2.97. The molecular formula is C14H11Br2N3. The molecule has 2 N–H and O–H groups in total. The number of nitrogens with zero attached hydrogens (tertiary/aromatic N) is 2. The zero-order valence-corrected chi connectivity index (χ0v) is 13.1. The Balaban J connectivity index is 2.07. The van der Waals surface area contributed by atoms with E-state index in [4.69, 9.17) is 5.73 Å². The molecule has 0 radical (unpaired) electrons. The molecule has 0 aliphatic heterocycles. The second-order valence-corrected chi connectivity index (χ2v) is 6.15. The molecule has 1 heterocycles. The molecule has 0 unspecified atom stereocenters. The Labute approximate surface area is 127 Å². The van der Waals surface area contributed by atoms with Gasteiger partial charge in [0, 0.05) is 8.95 Å². The Bertz CT molecular complexity index is 750. The number of halogens is 2. The number of fused-ring (bicyclic) bond motifs is 1. The molecule has 96 valence electrons. The number of benzene rings is 2. The fraction of sp³-hybridized carbons (Fsp3) is 0.0714. The van der Waals surface area contributed by atoms with Crippen molar-refractivity contribution in [1.82, 2.24) is 9.55 Å². The van der Waals surface area contributed by atoms with E-state index in [1.54, 1.807) is 0 Å². The summed E-state index contributed by atoms with van der Waals surface area (Å²) in [7, 11) is 0. The Kier molecular flexibility index (Phi) is 3.33. The zero-order chi connectivity index (χ0) is 13.4. The van der Waals surface area contributed by atoms with Crippen molar-refractivity contribution in [1.29, 1.82) is 0 Å². The Morgan fingerprint density at radius 3 is 2.63 bits per heavy atom. The molecule has 2 aromatic carbocycles. The molecule has 0 atom stereocenters.